The molecule has 8 bridgehead atoms. The first-order valence-corrected chi connectivity index (χ1v) is 47.4. The Morgan fingerprint density at radius 1 is 0.420 bits per heavy atom. The topological polar surface area (TPSA) is 227 Å². The molecule has 6 aliphatic rings. The lowest BCUT2D eigenvalue weighted by atomic mass is 9.97. The number of rotatable bonds is 32. The standard InChI is InChI=1S/C60H101NO19Si8/c1-44(2)37-82-69-81(32-20-31-61(34-55(63)36-68-57-29-25-53(26-30-57)59(65)60(15,16)66)33-54(62)35-67-56-27-23-52(24-28-56)58(64)51-21-18-17-19-22-51)70-83(38-45(3)4)74-85(72-82,40-47(7)8)78-88(43-50(13)14)79-86(73-82,41-48(9)10)75-84(71-81,39-46(5)6)77-87(76-83,80-88)42-49(11)12/h17-19,21-30,44-50,54-55,62-63,66H,20,31-43H2,1-16H3. The summed E-state index contributed by atoms with van der Waals surface area (Å²) in [5.74, 6) is 0.343. The molecule has 0 radical (unpaired) electrons. The molecule has 2 atom stereocenters. The highest BCUT2D eigenvalue weighted by molar-refractivity contribution is 7.03. The van der Waals surface area contributed by atoms with Gasteiger partial charge in [-0.05, 0) is 117 Å². The van der Waals surface area contributed by atoms with Gasteiger partial charge in [0, 0.05) is 78.1 Å². The van der Waals surface area contributed by atoms with Crippen molar-refractivity contribution in [2.75, 3.05) is 32.8 Å². The molecule has 2 unspecified atom stereocenters. The van der Waals surface area contributed by atoms with E-state index in [1.165, 1.54) is 13.8 Å². The number of hydrogen-bond donors (Lipinski definition) is 3. The molecule has 492 valence electrons. The van der Waals surface area contributed by atoms with Crippen LogP contribution in [0.1, 0.15) is 143 Å². The maximum absolute atomic E-state index is 13.2. The van der Waals surface area contributed by atoms with Gasteiger partial charge < -0.3 is 74.2 Å². The van der Waals surface area contributed by atoms with Crippen LogP contribution >= 0.6 is 0 Å². The van der Waals surface area contributed by atoms with Crippen molar-refractivity contribution < 1.29 is 83.8 Å². The van der Waals surface area contributed by atoms with E-state index >= 15 is 0 Å². The summed E-state index contributed by atoms with van der Waals surface area (Å²) in [4.78, 5) is 28.0. The number of carbonyl (C=O) groups excluding carboxylic acids is 2. The molecule has 28 heteroatoms. The molecule has 0 aliphatic carbocycles. The summed E-state index contributed by atoms with van der Waals surface area (Å²) < 4.78 is 108. The van der Waals surface area contributed by atoms with Gasteiger partial charge in [0.05, 0.1) is 0 Å². The van der Waals surface area contributed by atoms with Gasteiger partial charge in [-0.3, -0.25) is 14.5 Å². The Labute approximate surface area is 532 Å². The monoisotopic (exact) mass is 1360 g/mol. The van der Waals surface area contributed by atoms with E-state index in [1.54, 1.807) is 60.7 Å². The van der Waals surface area contributed by atoms with Crippen LogP contribution in [-0.2, 0) is 49.4 Å². The Morgan fingerprint density at radius 3 is 0.977 bits per heavy atom. The molecule has 6 aliphatic heterocycles. The predicted octanol–water partition coefficient (Wildman–Crippen LogP) is 11.1. The summed E-state index contributed by atoms with van der Waals surface area (Å²) >= 11 is 0. The van der Waals surface area contributed by atoms with E-state index in [9.17, 15) is 24.9 Å². The van der Waals surface area contributed by atoms with Crippen LogP contribution < -0.4 is 9.47 Å². The maximum Gasteiger partial charge on any atom is 0.479 e. The summed E-state index contributed by atoms with van der Waals surface area (Å²) in [5.41, 5.74) is -0.151. The second-order valence-corrected chi connectivity index (χ2v) is 52.4. The lowest BCUT2D eigenvalue weighted by Crippen LogP contribution is -2.88. The average Bonchev–Trinajstić information content (AvgIpc) is 0.688. The third-order valence-electron chi connectivity index (χ3n) is 14.9. The molecule has 6 heterocycles. The van der Waals surface area contributed by atoms with Gasteiger partial charge >= 0.3 is 70.4 Å². The van der Waals surface area contributed by atoms with E-state index in [2.05, 4.69) is 96.9 Å². The van der Waals surface area contributed by atoms with E-state index in [4.69, 9.17) is 58.9 Å². The van der Waals surface area contributed by atoms with E-state index in [0.29, 0.717) is 76.9 Å². The molecule has 0 amide bonds. The zero-order valence-corrected chi connectivity index (χ0v) is 62.9. The molecule has 3 aromatic carbocycles. The number of ether oxygens (including phenoxy) is 2. The lowest BCUT2D eigenvalue weighted by Gasteiger charge is -2.64. The van der Waals surface area contributed by atoms with Crippen molar-refractivity contribution in [1.29, 1.82) is 0 Å². The van der Waals surface area contributed by atoms with Crippen LogP contribution in [0, 0.1) is 41.4 Å². The fourth-order valence-corrected chi connectivity index (χ4v) is 63.8. The number of carbonyl (C=O) groups is 2. The van der Waals surface area contributed by atoms with Gasteiger partial charge in [0.1, 0.15) is 42.5 Å². The van der Waals surface area contributed by atoms with Crippen molar-refractivity contribution >= 4 is 82.0 Å². The molecule has 0 spiro atoms. The highest BCUT2D eigenvalue weighted by atomic mass is 28.6. The Balaban J connectivity index is 1.19. The SMILES string of the molecule is CC(C)C[Si]12O[Si]3(CCCN(CC(O)COc4ccc(C(=O)c5ccccc5)cc4)CC(O)COc4ccc(C(=O)C(C)(C)O)cc4)O[Si]4(CC(C)C)O[Si](CC(C)C)(O1)O[Si]1(CC(C)C)O[Si](CC(C)C)(O2)O[Si](CC(C)C)(O3)O[Si](CC(C)C)(O4)O1. The third kappa shape index (κ3) is 18.5. The number of aliphatic hydroxyl groups is 3. The van der Waals surface area contributed by atoms with Crippen LogP contribution in [0.3, 0.4) is 0 Å². The minimum atomic E-state index is -4.38. The zero-order valence-electron chi connectivity index (χ0n) is 54.9. The largest absolute Gasteiger partial charge is 0.491 e. The molecule has 3 aromatic rings. The molecule has 9 rings (SSSR count). The van der Waals surface area contributed by atoms with Crippen LogP contribution in [0.25, 0.3) is 0 Å². The first kappa shape index (κ1) is 71.5. The Kier molecular flexibility index (Phi) is 23.4. The summed E-state index contributed by atoms with van der Waals surface area (Å²) in [6, 6.07) is 25.0. The van der Waals surface area contributed by atoms with Crippen LogP contribution in [-0.4, -0.2) is 153 Å². The summed E-state index contributed by atoms with van der Waals surface area (Å²) in [6.45, 7) is 32.8. The van der Waals surface area contributed by atoms with Crippen molar-refractivity contribution in [3.63, 3.8) is 0 Å². The number of nitrogens with zero attached hydrogens (tertiary/aromatic N) is 1. The summed E-state index contributed by atoms with van der Waals surface area (Å²) in [7, 11) is -33.5. The Bertz CT molecular complexity index is 2630. The zero-order chi connectivity index (χ0) is 64.3. The van der Waals surface area contributed by atoms with Crippen LogP contribution in [0.5, 0.6) is 11.5 Å². The molecule has 6 fully saturated rings. The van der Waals surface area contributed by atoms with Gasteiger partial charge in [-0.1, -0.05) is 127 Å². The van der Waals surface area contributed by atoms with E-state index in [0.717, 1.165) is 0 Å². The van der Waals surface area contributed by atoms with Gasteiger partial charge in [-0.15, -0.1) is 0 Å². The van der Waals surface area contributed by atoms with E-state index in [-0.39, 0.29) is 86.1 Å². The fourth-order valence-electron chi connectivity index (χ4n) is 12.2. The Hall–Kier alpha value is -2.30. The molecular formula is C60H101NO19Si8. The molecule has 0 aromatic heterocycles. The number of benzene rings is 3. The van der Waals surface area contributed by atoms with E-state index < -0.39 is 94.0 Å². The highest BCUT2D eigenvalue weighted by Crippen LogP contribution is 2.56. The van der Waals surface area contributed by atoms with Crippen molar-refractivity contribution in [3.05, 3.63) is 95.6 Å². The van der Waals surface area contributed by atoms with E-state index in [1.807, 2.05) is 23.1 Å². The van der Waals surface area contributed by atoms with Crippen LogP contribution in [0.4, 0.5) is 0 Å². The van der Waals surface area contributed by atoms with Gasteiger partial charge in [0.25, 0.3) is 0 Å². The van der Waals surface area contributed by atoms with Crippen molar-refractivity contribution in [1.82, 2.24) is 4.90 Å². The average molecular weight is 1370 g/mol. The molecule has 6 saturated heterocycles. The number of aliphatic hydroxyl groups excluding tert-OH is 2. The Morgan fingerprint density at radius 2 is 0.693 bits per heavy atom. The fraction of sp³-hybridized carbons (Fsp3) is 0.667. The van der Waals surface area contributed by atoms with Crippen LogP contribution in [0.15, 0.2) is 78.9 Å². The van der Waals surface area contributed by atoms with Crippen molar-refractivity contribution in [2.24, 2.45) is 41.4 Å². The molecular weight excluding hydrogens is 1260 g/mol. The highest BCUT2D eigenvalue weighted by Gasteiger charge is 2.83. The third-order valence-corrected chi connectivity index (χ3v) is 55.0. The van der Waals surface area contributed by atoms with Gasteiger partial charge in [0.15, 0.2) is 11.6 Å². The van der Waals surface area contributed by atoms with Gasteiger partial charge in [-0.2, -0.15) is 0 Å². The second-order valence-electron chi connectivity index (χ2n) is 28.3. The molecule has 3 N–H and O–H groups in total. The first-order valence-electron chi connectivity index (χ1n) is 31.9. The minimum absolute atomic E-state index is 0.0135. The summed E-state index contributed by atoms with van der Waals surface area (Å²) in [6.07, 6.45) is -1.78. The maximum atomic E-state index is 13.2. The van der Waals surface area contributed by atoms with Gasteiger partial charge in [-0.25, -0.2) is 0 Å². The first-order chi connectivity index (χ1) is 41.1. The number of ketones is 2. The van der Waals surface area contributed by atoms with Crippen LogP contribution in [0.2, 0.25) is 48.4 Å². The molecule has 0 saturated carbocycles. The quantitative estimate of drug-likeness (QED) is 0.0390. The van der Waals surface area contributed by atoms with Crippen molar-refractivity contribution in [3.8, 4) is 11.5 Å². The smallest absolute Gasteiger partial charge is 0.479 e. The minimum Gasteiger partial charge on any atom is -0.491 e. The summed E-state index contributed by atoms with van der Waals surface area (Å²) in [5, 5.41) is 34.1. The van der Waals surface area contributed by atoms with Crippen molar-refractivity contribution in [2.45, 2.75) is 183 Å². The second kappa shape index (κ2) is 28.7. The lowest BCUT2D eigenvalue weighted by molar-refractivity contribution is -0.0343. The molecule has 88 heavy (non-hydrogen) atoms. The normalized spacial score (nSPS) is 30.4. The number of hydrogen-bond acceptors (Lipinski definition) is 20. The van der Waals surface area contributed by atoms with Gasteiger partial charge in [0.2, 0.25) is 0 Å². The molecule has 20 nitrogen and oxygen atoms in total. The number of Topliss-reactive ketones (excluding diaryl/α,β-unsaturated/α-hetero) is 1. The predicted molar refractivity (Wildman–Crippen MR) is 349 cm³/mol.